The maximum atomic E-state index is 3.49. The summed E-state index contributed by atoms with van der Waals surface area (Å²) in [6, 6.07) is 0. The van der Waals surface area contributed by atoms with E-state index in [1.165, 1.54) is 39.0 Å². The third-order valence-corrected chi connectivity index (χ3v) is 3.78. The summed E-state index contributed by atoms with van der Waals surface area (Å²) in [5, 5.41) is 3.49. The van der Waals surface area contributed by atoms with Crippen LogP contribution in [0.15, 0.2) is 0 Å². The first-order valence-electron chi connectivity index (χ1n) is 5.10. The van der Waals surface area contributed by atoms with Gasteiger partial charge >= 0.3 is 0 Å². The number of nitrogens with zero attached hydrogens (tertiary/aromatic N) is 1. The molecule has 2 heteroatoms. The molecule has 12 heavy (non-hydrogen) atoms. The van der Waals surface area contributed by atoms with E-state index >= 15 is 0 Å². The van der Waals surface area contributed by atoms with Gasteiger partial charge in [-0.25, -0.2) is 0 Å². The van der Waals surface area contributed by atoms with Gasteiger partial charge in [0.25, 0.3) is 0 Å². The Kier molecular flexibility index (Phi) is 2.13. The topological polar surface area (TPSA) is 15.3 Å². The standard InChI is InChI=1S/C10H20N2/c1-10(4-5-11-8-10)9-3-6-12(2)7-9/h9,11H,3-8H2,1-2H3. The molecule has 2 fully saturated rings. The molecule has 0 saturated carbocycles. The second kappa shape index (κ2) is 3.00. The first-order valence-corrected chi connectivity index (χ1v) is 5.10. The third-order valence-electron chi connectivity index (χ3n) is 3.78. The van der Waals surface area contributed by atoms with Crippen LogP contribution in [0.5, 0.6) is 0 Å². The molecular weight excluding hydrogens is 148 g/mol. The Balaban J connectivity index is 1.99. The molecule has 0 aromatic carbocycles. The Labute approximate surface area is 75.3 Å². The Bertz CT molecular complexity index is 161. The van der Waals surface area contributed by atoms with Gasteiger partial charge in [-0.2, -0.15) is 0 Å². The van der Waals surface area contributed by atoms with Crippen molar-refractivity contribution < 1.29 is 0 Å². The van der Waals surface area contributed by atoms with Crippen molar-refractivity contribution in [3.8, 4) is 0 Å². The monoisotopic (exact) mass is 168 g/mol. The molecule has 2 nitrogen and oxygen atoms in total. The molecule has 0 amide bonds. The lowest BCUT2D eigenvalue weighted by molar-refractivity contribution is 0.214. The van der Waals surface area contributed by atoms with Gasteiger partial charge in [0.1, 0.15) is 0 Å². The van der Waals surface area contributed by atoms with E-state index in [2.05, 4.69) is 24.2 Å². The number of hydrogen-bond donors (Lipinski definition) is 1. The fourth-order valence-corrected chi connectivity index (χ4v) is 2.69. The van der Waals surface area contributed by atoms with Crippen LogP contribution in [0, 0.1) is 11.3 Å². The second-order valence-electron chi connectivity index (χ2n) is 4.83. The van der Waals surface area contributed by atoms with Crippen LogP contribution in [-0.2, 0) is 0 Å². The van der Waals surface area contributed by atoms with Crippen LogP contribution >= 0.6 is 0 Å². The van der Waals surface area contributed by atoms with Gasteiger partial charge in [-0.3, -0.25) is 0 Å². The summed E-state index contributed by atoms with van der Waals surface area (Å²) in [4.78, 5) is 2.47. The number of rotatable bonds is 1. The first kappa shape index (κ1) is 8.52. The van der Waals surface area contributed by atoms with Crippen LogP contribution < -0.4 is 5.32 Å². The highest BCUT2D eigenvalue weighted by Gasteiger charge is 2.39. The van der Waals surface area contributed by atoms with Gasteiger partial charge in [0.2, 0.25) is 0 Å². The number of likely N-dealkylation sites (tertiary alicyclic amines) is 1. The predicted octanol–water partition coefficient (Wildman–Crippen LogP) is 0.938. The molecule has 0 aliphatic carbocycles. The summed E-state index contributed by atoms with van der Waals surface area (Å²) in [7, 11) is 2.24. The van der Waals surface area contributed by atoms with Crippen LogP contribution in [0.2, 0.25) is 0 Å². The fourth-order valence-electron chi connectivity index (χ4n) is 2.69. The Morgan fingerprint density at radius 1 is 1.50 bits per heavy atom. The lowest BCUT2D eigenvalue weighted by Gasteiger charge is -2.30. The third kappa shape index (κ3) is 1.38. The van der Waals surface area contributed by atoms with Crippen molar-refractivity contribution in [2.45, 2.75) is 19.8 Å². The molecule has 1 N–H and O–H groups in total. The molecule has 0 bridgehead atoms. The largest absolute Gasteiger partial charge is 0.316 e. The molecule has 2 saturated heterocycles. The summed E-state index contributed by atoms with van der Waals surface area (Å²) in [6.07, 6.45) is 2.79. The first-order chi connectivity index (χ1) is 5.71. The lowest BCUT2D eigenvalue weighted by atomic mass is 9.76. The van der Waals surface area contributed by atoms with Gasteiger partial charge in [0.05, 0.1) is 0 Å². The van der Waals surface area contributed by atoms with Gasteiger partial charge in [0.15, 0.2) is 0 Å². The minimum Gasteiger partial charge on any atom is -0.316 e. The van der Waals surface area contributed by atoms with Crippen molar-refractivity contribution >= 4 is 0 Å². The maximum Gasteiger partial charge on any atom is 0.00128 e. The summed E-state index contributed by atoms with van der Waals surface area (Å²) in [5.74, 6) is 0.942. The van der Waals surface area contributed by atoms with E-state index in [9.17, 15) is 0 Å². The summed E-state index contributed by atoms with van der Waals surface area (Å²) >= 11 is 0. The van der Waals surface area contributed by atoms with Crippen molar-refractivity contribution in [1.82, 2.24) is 10.2 Å². The fraction of sp³-hybridized carbons (Fsp3) is 1.00. The highest BCUT2D eigenvalue weighted by molar-refractivity contribution is 4.93. The molecule has 70 valence electrons. The smallest absolute Gasteiger partial charge is 0.00128 e. The molecule has 2 heterocycles. The lowest BCUT2D eigenvalue weighted by Crippen LogP contribution is -2.31. The van der Waals surface area contributed by atoms with Crippen molar-refractivity contribution in [2.24, 2.45) is 11.3 Å². The highest BCUT2D eigenvalue weighted by atomic mass is 15.1. The van der Waals surface area contributed by atoms with Gasteiger partial charge in [-0.05, 0) is 44.3 Å². The van der Waals surface area contributed by atoms with Crippen LogP contribution in [0.4, 0.5) is 0 Å². The highest BCUT2D eigenvalue weighted by Crippen LogP contribution is 2.38. The van der Waals surface area contributed by atoms with Crippen molar-refractivity contribution in [3.05, 3.63) is 0 Å². The molecule has 2 atom stereocenters. The predicted molar refractivity (Wildman–Crippen MR) is 51.2 cm³/mol. The normalized spacial score (nSPS) is 44.0. The van der Waals surface area contributed by atoms with E-state index < -0.39 is 0 Å². The van der Waals surface area contributed by atoms with E-state index in [1.54, 1.807) is 0 Å². The van der Waals surface area contributed by atoms with Crippen molar-refractivity contribution in [3.63, 3.8) is 0 Å². The molecule has 0 radical (unpaired) electrons. The Hall–Kier alpha value is -0.0800. The zero-order valence-electron chi connectivity index (χ0n) is 8.27. The Morgan fingerprint density at radius 3 is 2.83 bits per heavy atom. The maximum absolute atomic E-state index is 3.49. The van der Waals surface area contributed by atoms with E-state index in [-0.39, 0.29) is 0 Å². The number of hydrogen-bond acceptors (Lipinski definition) is 2. The average molecular weight is 168 g/mol. The average Bonchev–Trinajstić information content (AvgIpc) is 2.59. The molecule has 2 aliphatic rings. The minimum atomic E-state index is 0.602. The summed E-state index contributed by atoms with van der Waals surface area (Å²) < 4.78 is 0. The molecule has 0 aromatic rings. The van der Waals surface area contributed by atoms with E-state index in [0.29, 0.717) is 5.41 Å². The van der Waals surface area contributed by atoms with E-state index in [0.717, 1.165) is 5.92 Å². The molecular formula is C10H20N2. The molecule has 2 rings (SSSR count). The summed E-state index contributed by atoms with van der Waals surface area (Å²) in [6.45, 7) is 7.55. The molecule has 0 spiro atoms. The van der Waals surface area contributed by atoms with Crippen LogP contribution in [-0.4, -0.2) is 38.1 Å². The zero-order valence-corrected chi connectivity index (χ0v) is 8.27. The van der Waals surface area contributed by atoms with Crippen LogP contribution in [0.3, 0.4) is 0 Å². The Morgan fingerprint density at radius 2 is 2.33 bits per heavy atom. The molecule has 2 aliphatic heterocycles. The minimum absolute atomic E-state index is 0.602. The molecule has 2 unspecified atom stereocenters. The van der Waals surface area contributed by atoms with Gasteiger partial charge in [0, 0.05) is 13.1 Å². The van der Waals surface area contributed by atoms with Crippen LogP contribution in [0.1, 0.15) is 19.8 Å². The zero-order chi connectivity index (χ0) is 8.60. The summed E-state index contributed by atoms with van der Waals surface area (Å²) in [5.41, 5.74) is 0.602. The molecule has 0 aromatic heterocycles. The van der Waals surface area contributed by atoms with E-state index in [1.807, 2.05) is 0 Å². The second-order valence-corrected chi connectivity index (χ2v) is 4.83. The van der Waals surface area contributed by atoms with Gasteiger partial charge < -0.3 is 10.2 Å². The van der Waals surface area contributed by atoms with E-state index in [4.69, 9.17) is 0 Å². The van der Waals surface area contributed by atoms with Crippen molar-refractivity contribution in [1.29, 1.82) is 0 Å². The quantitative estimate of drug-likeness (QED) is 0.627. The van der Waals surface area contributed by atoms with Crippen molar-refractivity contribution in [2.75, 3.05) is 33.2 Å². The SMILES string of the molecule is CN1CCC(C2(C)CCNC2)C1. The van der Waals surface area contributed by atoms with Gasteiger partial charge in [-0.1, -0.05) is 6.92 Å². The number of nitrogens with one attached hydrogen (secondary N) is 1. The van der Waals surface area contributed by atoms with Crippen LogP contribution in [0.25, 0.3) is 0 Å². The van der Waals surface area contributed by atoms with Gasteiger partial charge in [-0.15, -0.1) is 0 Å².